The molecule has 0 fully saturated rings. The van der Waals surface area contributed by atoms with Crippen LogP contribution in [0.15, 0.2) is 40.4 Å². The molecule has 3 heterocycles. The van der Waals surface area contributed by atoms with Gasteiger partial charge in [0.15, 0.2) is 12.1 Å². The van der Waals surface area contributed by atoms with Crippen molar-refractivity contribution in [1.29, 1.82) is 0 Å². The highest BCUT2D eigenvalue weighted by atomic mass is 79.9. The number of imidazole rings is 1. The zero-order valence-electron chi connectivity index (χ0n) is 8.63. The van der Waals surface area contributed by atoms with E-state index in [9.17, 15) is 4.79 Å². The van der Waals surface area contributed by atoms with Crippen LogP contribution in [0.2, 0.25) is 0 Å². The first-order valence-corrected chi connectivity index (χ1v) is 6.57. The Hall–Kier alpha value is -1.46. The van der Waals surface area contributed by atoms with Crippen LogP contribution in [-0.4, -0.2) is 15.7 Å². The zero-order valence-corrected chi connectivity index (χ0v) is 11.0. The third kappa shape index (κ3) is 1.71. The number of aromatic nitrogens is 2. The van der Waals surface area contributed by atoms with E-state index >= 15 is 0 Å². The second-order valence-corrected chi connectivity index (χ2v) is 5.99. The Balaban J connectivity index is 2.28. The van der Waals surface area contributed by atoms with Crippen LogP contribution in [0, 0.1) is 0 Å². The van der Waals surface area contributed by atoms with Crippen molar-refractivity contribution < 1.29 is 4.79 Å². The number of nitrogens with zero attached hydrogens (tertiary/aromatic N) is 2. The molecule has 0 radical (unpaired) electrons. The molecule has 3 rings (SSSR count). The maximum absolute atomic E-state index is 10.9. The number of carbonyl (C=O) groups excluding carboxylic acids is 1. The molecule has 0 aromatic carbocycles. The molecule has 3 aromatic heterocycles. The zero-order chi connectivity index (χ0) is 11.8. The average molecular weight is 307 g/mol. The van der Waals surface area contributed by atoms with Gasteiger partial charge in [0.25, 0.3) is 0 Å². The molecular formula is C12H7BrN2OS. The molecule has 0 saturated carbocycles. The van der Waals surface area contributed by atoms with E-state index in [4.69, 9.17) is 0 Å². The number of rotatable bonds is 2. The van der Waals surface area contributed by atoms with E-state index in [1.807, 2.05) is 28.8 Å². The number of carbonyl (C=O) groups is 1. The lowest BCUT2D eigenvalue weighted by Crippen LogP contribution is -1.90. The fourth-order valence-corrected chi connectivity index (χ4v) is 3.14. The van der Waals surface area contributed by atoms with E-state index in [1.54, 1.807) is 23.6 Å². The highest BCUT2D eigenvalue weighted by Gasteiger charge is 2.10. The van der Waals surface area contributed by atoms with E-state index in [-0.39, 0.29) is 0 Å². The molecule has 0 aliphatic rings. The molecule has 17 heavy (non-hydrogen) atoms. The summed E-state index contributed by atoms with van der Waals surface area (Å²) in [7, 11) is 0. The van der Waals surface area contributed by atoms with Crippen molar-refractivity contribution in [2.24, 2.45) is 0 Å². The van der Waals surface area contributed by atoms with Gasteiger partial charge < -0.3 is 0 Å². The summed E-state index contributed by atoms with van der Waals surface area (Å²) in [6.07, 6.45) is 4.50. The van der Waals surface area contributed by atoms with Crippen LogP contribution in [-0.2, 0) is 0 Å². The monoisotopic (exact) mass is 306 g/mol. The molecular weight excluding hydrogens is 300 g/mol. The van der Waals surface area contributed by atoms with Gasteiger partial charge in [-0.1, -0.05) is 0 Å². The molecule has 0 atom stereocenters. The van der Waals surface area contributed by atoms with Crippen LogP contribution < -0.4 is 0 Å². The second-order valence-electron chi connectivity index (χ2n) is 3.52. The van der Waals surface area contributed by atoms with Crippen LogP contribution >= 0.6 is 27.3 Å². The van der Waals surface area contributed by atoms with Crippen molar-refractivity contribution >= 4 is 39.1 Å². The van der Waals surface area contributed by atoms with Gasteiger partial charge in [0.05, 0.1) is 20.4 Å². The quantitative estimate of drug-likeness (QED) is 0.677. The minimum Gasteiger partial charge on any atom is -0.298 e. The van der Waals surface area contributed by atoms with Crippen molar-refractivity contribution in [1.82, 2.24) is 9.38 Å². The molecule has 0 spiro atoms. The van der Waals surface area contributed by atoms with E-state index in [0.717, 1.165) is 26.3 Å². The van der Waals surface area contributed by atoms with Crippen LogP contribution in [0.25, 0.3) is 16.2 Å². The summed E-state index contributed by atoms with van der Waals surface area (Å²) in [6, 6.07) is 7.64. The molecule has 3 nitrogen and oxygen atoms in total. The van der Waals surface area contributed by atoms with Crippen molar-refractivity contribution in [2.75, 3.05) is 0 Å². The van der Waals surface area contributed by atoms with Gasteiger partial charge in [0, 0.05) is 11.8 Å². The lowest BCUT2D eigenvalue weighted by molar-refractivity contribution is 0.112. The molecule has 0 bridgehead atoms. The van der Waals surface area contributed by atoms with E-state index in [0.29, 0.717) is 5.56 Å². The van der Waals surface area contributed by atoms with Gasteiger partial charge >= 0.3 is 0 Å². The summed E-state index contributed by atoms with van der Waals surface area (Å²) in [5.74, 6) is 0.861. The van der Waals surface area contributed by atoms with Gasteiger partial charge in [-0.25, -0.2) is 4.98 Å². The Bertz CT molecular complexity index is 701. The molecule has 0 unspecified atom stereocenters. The summed E-state index contributed by atoms with van der Waals surface area (Å²) in [5, 5.41) is 0. The van der Waals surface area contributed by atoms with Gasteiger partial charge in [-0.3, -0.25) is 9.20 Å². The number of halogens is 1. The highest BCUT2D eigenvalue weighted by molar-refractivity contribution is 9.11. The standard InChI is InChI=1S/C12H7BrN2OS/c13-11-4-3-10(17-11)12-14-6-9-8(7-16)2-1-5-15(9)12/h1-7H. The third-order valence-electron chi connectivity index (χ3n) is 2.52. The van der Waals surface area contributed by atoms with Gasteiger partial charge in [0.2, 0.25) is 0 Å². The molecule has 0 saturated heterocycles. The molecule has 3 aromatic rings. The Kier molecular flexibility index (Phi) is 2.57. The second kappa shape index (κ2) is 4.09. The van der Waals surface area contributed by atoms with E-state index in [2.05, 4.69) is 20.9 Å². The van der Waals surface area contributed by atoms with Crippen molar-refractivity contribution in [2.45, 2.75) is 0 Å². The van der Waals surface area contributed by atoms with Crippen molar-refractivity contribution in [3.63, 3.8) is 0 Å². The summed E-state index contributed by atoms with van der Waals surface area (Å²) in [6.45, 7) is 0. The Morgan fingerprint density at radius 2 is 2.24 bits per heavy atom. The molecule has 0 N–H and O–H groups in total. The molecule has 0 amide bonds. The maximum atomic E-state index is 10.9. The number of fused-ring (bicyclic) bond motifs is 1. The van der Waals surface area contributed by atoms with Gasteiger partial charge in [-0.15, -0.1) is 11.3 Å². The minimum absolute atomic E-state index is 0.655. The number of thiophene rings is 1. The first-order chi connectivity index (χ1) is 8.29. The lowest BCUT2D eigenvalue weighted by Gasteiger charge is -1.99. The van der Waals surface area contributed by atoms with Crippen molar-refractivity contribution in [3.8, 4) is 10.7 Å². The third-order valence-corrected chi connectivity index (χ3v) is 4.14. The largest absolute Gasteiger partial charge is 0.298 e. The first kappa shape index (κ1) is 10.7. The van der Waals surface area contributed by atoms with Crippen molar-refractivity contribution in [3.05, 3.63) is 46.0 Å². The average Bonchev–Trinajstić information content (AvgIpc) is 2.94. The molecule has 0 aliphatic carbocycles. The minimum atomic E-state index is 0.655. The van der Waals surface area contributed by atoms with Crippen LogP contribution in [0.1, 0.15) is 10.4 Å². The fraction of sp³-hybridized carbons (Fsp3) is 0. The lowest BCUT2D eigenvalue weighted by atomic mass is 10.2. The maximum Gasteiger partial charge on any atom is 0.154 e. The summed E-state index contributed by atoms with van der Waals surface area (Å²) < 4.78 is 3.00. The Morgan fingerprint density at radius 1 is 1.35 bits per heavy atom. The van der Waals surface area contributed by atoms with Gasteiger partial charge in [-0.2, -0.15) is 0 Å². The predicted octanol–water partition coefficient (Wildman–Crippen LogP) is 3.64. The Labute approximate surface area is 110 Å². The summed E-state index contributed by atoms with van der Waals surface area (Å²) >= 11 is 5.05. The van der Waals surface area contributed by atoms with Crippen LogP contribution in [0.5, 0.6) is 0 Å². The van der Waals surface area contributed by atoms with Gasteiger partial charge in [0.1, 0.15) is 0 Å². The summed E-state index contributed by atoms with van der Waals surface area (Å²) in [5.41, 5.74) is 1.49. The molecule has 84 valence electrons. The predicted molar refractivity (Wildman–Crippen MR) is 71.6 cm³/mol. The van der Waals surface area contributed by atoms with Crippen LogP contribution in [0.4, 0.5) is 0 Å². The number of hydrogen-bond acceptors (Lipinski definition) is 3. The molecule has 0 aliphatic heterocycles. The first-order valence-electron chi connectivity index (χ1n) is 4.96. The van der Waals surface area contributed by atoms with E-state index in [1.165, 1.54) is 0 Å². The topological polar surface area (TPSA) is 34.4 Å². The van der Waals surface area contributed by atoms with Gasteiger partial charge in [-0.05, 0) is 40.2 Å². The smallest absolute Gasteiger partial charge is 0.154 e. The number of hydrogen-bond donors (Lipinski definition) is 0. The summed E-state index contributed by atoms with van der Waals surface area (Å²) in [4.78, 5) is 16.4. The van der Waals surface area contributed by atoms with E-state index < -0.39 is 0 Å². The SMILES string of the molecule is O=Cc1cccn2c(-c3ccc(Br)s3)ncc12. The number of pyridine rings is 1. The molecule has 5 heteroatoms. The normalized spacial score (nSPS) is 10.9. The number of aldehydes is 1. The van der Waals surface area contributed by atoms with Crippen LogP contribution in [0.3, 0.4) is 0 Å². The fourth-order valence-electron chi connectivity index (χ4n) is 1.76. The Morgan fingerprint density at radius 3 is 2.94 bits per heavy atom. The highest BCUT2D eigenvalue weighted by Crippen LogP contribution is 2.31.